The molecule has 0 atom stereocenters. The molecule has 0 radical (unpaired) electrons. The van der Waals surface area contributed by atoms with Crippen molar-refractivity contribution in [3.05, 3.63) is 63.2 Å². The van der Waals surface area contributed by atoms with Gasteiger partial charge in [0.05, 0.1) is 43.9 Å². The summed E-state index contributed by atoms with van der Waals surface area (Å²) in [5.41, 5.74) is 2.03. The van der Waals surface area contributed by atoms with Crippen LogP contribution in [0.1, 0.15) is 5.56 Å². The van der Waals surface area contributed by atoms with Crippen LogP contribution in [0.5, 0.6) is 5.75 Å². The van der Waals surface area contributed by atoms with Crippen molar-refractivity contribution < 1.29 is 14.6 Å². The third-order valence-electron chi connectivity index (χ3n) is 4.58. The Balaban J connectivity index is 1.65. The van der Waals surface area contributed by atoms with Crippen LogP contribution < -0.4 is 14.5 Å². The van der Waals surface area contributed by atoms with Gasteiger partial charge in [-0.05, 0) is 18.2 Å². The first-order chi connectivity index (χ1) is 12.1. The number of nitro groups is 1. The molecular weight excluding hydrogens is 342 g/mol. The van der Waals surface area contributed by atoms with E-state index in [0.717, 1.165) is 43.2 Å². The van der Waals surface area contributed by atoms with Crippen LogP contribution in [0.25, 0.3) is 0 Å². The van der Waals surface area contributed by atoms with Crippen LogP contribution in [0.4, 0.5) is 11.4 Å². The van der Waals surface area contributed by atoms with Gasteiger partial charge < -0.3 is 14.5 Å². The van der Waals surface area contributed by atoms with E-state index < -0.39 is 0 Å². The first-order valence-electron chi connectivity index (χ1n) is 8.23. The first kappa shape index (κ1) is 17.5. The molecule has 1 N–H and O–H groups in total. The maximum Gasteiger partial charge on any atom is 0.270 e. The molecule has 1 heterocycles. The highest BCUT2D eigenvalue weighted by Gasteiger charge is 2.23. The molecule has 1 aliphatic rings. The Labute approximate surface area is 151 Å². The zero-order valence-electron chi connectivity index (χ0n) is 14.1. The van der Waals surface area contributed by atoms with Gasteiger partial charge in [-0.1, -0.05) is 23.7 Å². The number of nitrogens with one attached hydrogen (secondary N) is 1. The third kappa shape index (κ3) is 4.03. The first-order valence-corrected chi connectivity index (χ1v) is 8.60. The number of hydrogen-bond acceptors (Lipinski definition) is 4. The zero-order chi connectivity index (χ0) is 17.8. The number of ether oxygens (including phenoxy) is 1. The Morgan fingerprint density at radius 1 is 1.24 bits per heavy atom. The summed E-state index contributed by atoms with van der Waals surface area (Å²) in [5.74, 6) is 0.882. The summed E-state index contributed by atoms with van der Waals surface area (Å²) in [6.45, 7) is 4.39. The lowest BCUT2D eigenvalue weighted by Crippen LogP contribution is -3.13. The summed E-state index contributed by atoms with van der Waals surface area (Å²) >= 11 is 6.22. The van der Waals surface area contributed by atoms with E-state index in [4.69, 9.17) is 16.3 Å². The summed E-state index contributed by atoms with van der Waals surface area (Å²) in [7, 11) is 1.69. The van der Waals surface area contributed by atoms with Crippen LogP contribution in [0, 0.1) is 10.1 Å². The Bertz CT molecular complexity index is 761. The van der Waals surface area contributed by atoms with Crippen molar-refractivity contribution in [2.75, 3.05) is 38.2 Å². The van der Waals surface area contributed by atoms with Gasteiger partial charge in [-0.3, -0.25) is 10.1 Å². The van der Waals surface area contributed by atoms with Gasteiger partial charge in [0.1, 0.15) is 12.3 Å². The van der Waals surface area contributed by atoms with Gasteiger partial charge in [-0.15, -0.1) is 0 Å². The van der Waals surface area contributed by atoms with Crippen LogP contribution >= 0.6 is 11.6 Å². The summed E-state index contributed by atoms with van der Waals surface area (Å²) in [5, 5.41) is 11.5. The van der Waals surface area contributed by atoms with Crippen molar-refractivity contribution in [1.82, 2.24) is 0 Å². The molecule has 0 amide bonds. The average Bonchev–Trinajstić information content (AvgIpc) is 2.64. The molecular formula is C18H21ClN3O3+. The molecule has 0 aromatic heterocycles. The topological polar surface area (TPSA) is 60.0 Å². The van der Waals surface area contributed by atoms with Crippen LogP contribution in [0.3, 0.4) is 0 Å². The third-order valence-corrected chi connectivity index (χ3v) is 4.95. The molecule has 3 rings (SSSR count). The van der Waals surface area contributed by atoms with E-state index in [2.05, 4.69) is 11.0 Å². The van der Waals surface area contributed by atoms with E-state index in [-0.39, 0.29) is 10.6 Å². The number of benzene rings is 2. The molecule has 2 aromatic carbocycles. The number of methoxy groups -OCH3 is 1. The number of nitro benzene ring substituents is 1. The van der Waals surface area contributed by atoms with Crippen molar-refractivity contribution in [3.63, 3.8) is 0 Å². The zero-order valence-corrected chi connectivity index (χ0v) is 14.8. The van der Waals surface area contributed by atoms with Crippen LogP contribution in [0.2, 0.25) is 5.02 Å². The van der Waals surface area contributed by atoms with E-state index >= 15 is 0 Å². The average molecular weight is 363 g/mol. The fourth-order valence-corrected chi connectivity index (χ4v) is 3.40. The van der Waals surface area contributed by atoms with Gasteiger partial charge in [-0.2, -0.15) is 0 Å². The molecule has 1 fully saturated rings. The number of rotatable bonds is 5. The minimum Gasteiger partial charge on any atom is -0.495 e. The van der Waals surface area contributed by atoms with E-state index in [1.54, 1.807) is 19.2 Å². The maximum absolute atomic E-state index is 11.0. The van der Waals surface area contributed by atoms with Gasteiger partial charge in [0, 0.05) is 22.7 Å². The molecule has 0 saturated carbocycles. The number of hydrogen-bond donors (Lipinski definition) is 1. The molecule has 1 saturated heterocycles. The highest BCUT2D eigenvalue weighted by Crippen LogP contribution is 2.27. The second kappa shape index (κ2) is 7.72. The molecule has 7 heteroatoms. The molecule has 132 valence electrons. The Kier molecular flexibility index (Phi) is 5.40. The summed E-state index contributed by atoms with van der Waals surface area (Å²) in [4.78, 5) is 14.3. The highest BCUT2D eigenvalue weighted by molar-refractivity contribution is 6.31. The van der Waals surface area contributed by atoms with Crippen LogP contribution in [0.15, 0.2) is 42.5 Å². The Hall–Kier alpha value is -2.31. The fourth-order valence-electron chi connectivity index (χ4n) is 3.21. The number of quaternary nitrogens is 1. The largest absolute Gasteiger partial charge is 0.495 e. The molecule has 0 spiro atoms. The summed E-state index contributed by atoms with van der Waals surface area (Å²) in [6.07, 6.45) is 0. The van der Waals surface area contributed by atoms with E-state index in [9.17, 15) is 10.1 Å². The molecule has 1 aliphatic heterocycles. The number of non-ortho nitro benzene ring substituents is 1. The molecule has 25 heavy (non-hydrogen) atoms. The smallest absolute Gasteiger partial charge is 0.270 e. The fraction of sp³-hybridized carbons (Fsp3) is 0.333. The number of piperazine rings is 1. The van der Waals surface area contributed by atoms with Crippen molar-refractivity contribution in [1.29, 1.82) is 0 Å². The standard InChI is InChI=1S/C18H20ClN3O3/c1-25-18-5-3-2-4-17(18)21-10-8-20(9-11-21)13-14-12-15(22(23)24)6-7-16(14)19/h2-7,12H,8-11,13H2,1H3/p+1. The van der Waals surface area contributed by atoms with Gasteiger partial charge in [0.15, 0.2) is 0 Å². The van der Waals surface area contributed by atoms with E-state index in [0.29, 0.717) is 11.6 Å². The molecule has 0 aliphatic carbocycles. The van der Waals surface area contributed by atoms with Gasteiger partial charge in [0.25, 0.3) is 5.69 Å². The van der Waals surface area contributed by atoms with Gasteiger partial charge in [-0.25, -0.2) is 0 Å². The molecule has 2 aromatic rings. The van der Waals surface area contributed by atoms with E-state index in [1.807, 2.05) is 18.2 Å². The molecule has 0 bridgehead atoms. The summed E-state index contributed by atoms with van der Waals surface area (Å²) in [6, 6.07) is 12.7. The SMILES string of the molecule is COc1ccccc1N1CC[NH+](Cc2cc([N+](=O)[O-])ccc2Cl)CC1. The van der Waals surface area contributed by atoms with Crippen molar-refractivity contribution in [3.8, 4) is 5.75 Å². The maximum atomic E-state index is 11.0. The number of anilines is 1. The lowest BCUT2D eigenvalue weighted by Gasteiger charge is -2.34. The predicted octanol–water partition coefficient (Wildman–Crippen LogP) is 2.16. The van der Waals surface area contributed by atoms with E-state index in [1.165, 1.54) is 11.0 Å². The molecule has 6 nitrogen and oxygen atoms in total. The Morgan fingerprint density at radius 2 is 1.96 bits per heavy atom. The minimum atomic E-state index is -0.380. The quantitative estimate of drug-likeness (QED) is 0.654. The van der Waals surface area contributed by atoms with Crippen molar-refractivity contribution in [2.45, 2.75) is 6.54 Å². The Morgan fingerprint density at radius 3 is 2.64 bits per heavy atom. The monoisotopic (exact) mass is 362 g/mol. The lowest BCUT2D eigenvalue weighted by atomic mass is 10.1. The lowest BCUT2D eigenvalue weighted by molar-refractivity contribution is -0.914. The highest BCUT2D eigenvalue weighted by atomic mass is 35.5. The van der Waals surface area contributed by atoms with Crippen LogP contribution in [-0.2, 0) is 6.54 Å². The summed E-state index contributed by atoms with van der Waals surface area (Å²) < 4.78 is 5.44. The minimum absolute atomic E-state index is 0.0893. The van der Waals surface area contributed by atoms with Crippen LogP contribution in [-0.4, -0.2) is 38.2 Å². The number of para-hydroxylation sites is 2. The predicted molar refractivity (Wildman–Crippen MR) is 97.7 cm³/mol. The number of halogens is 1. The number of nitrogens with zero attached hydrogens (tertiary/aromatic N) is 2. The van der Waals surface area contributed by atoms with Crippen molar-refractivity contribution >= 4 is 23.0 Å². The van der Waals surface area contributed by atoms with Gasteiger partial charge >= 0.3 is 0 Å². The van der Waals surface area contributed by atoms with Crippen molar-refractivity contribution in [2.24, 2.45) is 0 Å². The second-order valence-corrected chi connectivity index (χ2v) is 6.53. The normalized spacial score (nSPS) is 15.2. The van der Waals surface area contributed by atoms with Gasteiger partial charge in [0.2, 0.25) is 0 Å². The second-order valence-electron chi connectivity index (χ2n) is 6.12. The molecule has 0 unspecified atom stereocenters.